The number of nitrogen functional groups attached to an aromatic ring is 1. The number of pyridine rings is 1. The highest BCUT2D eigenvalue weighted by Gasteiger charge is 2.08. The van der Waals surface area contributed by atoms with Crippen LogP contribution in [-0.2, 0) is 0 Å². The Morgan fingerprint density at radius 1 is 1.05 bits per heavy atom. The van der Waals surface area contributed by atoms with Crippen LogP contribution in [0.4, 0.5) is 5.69 Å². The zero-order valence-electron chi connectivity index (χ0n) is 10.5. The predicted octanol–water partition coefficient (Wildman–Crippen LogP) is 4.45. The summed E-state index contributed by atoms with van der Waals surface area (Å²) in [4.78, 5) is 4.71. The fraction of sp³-hybridized carbons (Fsp3) is 0.0625. The van der Waals surface area contributed by atoms with Crippen LogP contribution >= 0.6 is 11.6 Å². The summed E-state index contributed by atoms with van der Waals surface area (Å²) in [5.41, 5.74) is 10.7. The van der Waals surface area contributed by atoms with Crippen molar-refractivity contribution in [1.82, 2.24) is 4.98 Å². The normalized spacial score (nSPS) is 10.8. The maximum Gasteiger partial charge on any atom is 0.0760 e. The largest absolute Gasteiger partial charge is 0.398 e. The number of rotatable bonds is 1. The monoisotopic (exact) mass is 268 g/mol. The van der Waals surface area contributed by atoms with Crippen molar-refractivity contribution in [2.75, 3.05) is 5.73 Å². The highest BCUT2D eigenvalue weighted by molar-refractivity contribution is 6.31. The Morgan fingerprint density at radius 2 is 1.79 bits per heavy atom. The van der Waals surface area contributed by atoms with Gasteiger partial charge in [0.1, 0.15) is 0 Å². The van der Waals surface area contributed by atoms with Crippen molar-refractivity contribution in [3.63, 3.8) is 0 Å². The molecule has 0 aliphatic heterocycles. The molecule has 1 heterocycles. The van der Waals surface area contributed by atoms with Crippen LogP contribution < -0.4 is 5.73 Å². The zero-order valence-corrected chi connectivity index (χ0v) is 11.3. The SMILES string of the molecule is Cc1cc(Cl)cc2c(N)cc(-c3ccccc3)nc12. The van der Waals surface area contributed by atoms with E-state index in [1.807, 2.05) is 55.5 Å². The highest BCUT2D eigenvalue weighted by atomic mass is 35.5. The van der Waals surface area contributed by atoms with Gasteiger partial charge in [-0.15, -0.1) is 0 Å². The summed E-state index contributed by atoms with van der Waals surface area (Å²) in [5.74, 6) is 0. The molecule has 2 N–H and O–H groups in total. The van der Waals surface area contributed by atoms with Crippen LogP contribution in [0, 0.1) is 6.92 Å². The highest BCUT2D eigenvalue weighted by Crippen LogP contribution is 2.30. The van der Waals surface area contributed by atoms with Crippen molar-refractivity contribution >= 4 is 28.2 Å². The molecule has 0 saturated carbocycles. The van der Waals surface area contributed by atoms with E-state index in [2.05, 4.69) is 0 Å². The molecule has 0 saturated heterocycles. The van der Waals surface area contributed by atoms with Gasteiger partial charge in [-0.25, -0.2) is 4.98 Å². The molecule has 0 unspecified atom stereocenters. The third-order valence-electron chi connectivity index (χ3n) is 3.17. The Hall–Kier alpha value is -2.06. The third-order valence-corrected chi connectivity index (χ3v) is 3.39. The van der Waals surface area contributed by atoms with E-state index >= 15 is 0 Å². The topological polar surface area (TPSA) is 38.9 Å². The summed E-state index contributed by atoms with van der Waals surface area (Å²) in [6, 6.07) is 15.7. The maximum absolute atomic E-state index is 6.13. The molecular weight excluding hydrogens is 256 g/mol. The Bertz CT molecular complexity index is 752. The van der Waals surface area contributed by atoms with Gasteiger partial charge in [0.15, 0.2) is 0 Å². The van der Waals surface area contributed by atoms with E-state index in [1.165, 1.54) is 0 Å². The number of nitrogens with two attached hydrogens (primary N) is 1. The number of fused-ring (bicyclic) bond motifs is 1. The van der Waals surface area contributed by atoms with E-state index in [9.17, 15) is 0 Å². The van der Waals surface area contributed by atoms with Crippen molar-refractivity contribution in [2.24, 2.45) is 0 Å². The second-order valence-electron chi connectivity index (χ2n) is 4.58. The molecule has 0 atom stereocenters. The minimum absolute atomic E-state index is 0.686. The predicted molar refractivity (Wildman–Crippen MR) is 81.3 cm³/mol. The average Bonchev–Trinajstić information content (AvgIpc) is 2.41. The molecule has 0 bridgehead atoms. The number of benzene rings is 2. The van der Waals surface area contributed by atoms with Crippen molar-refractivity contribution < 1.29 is 0 Å². The van der Waals surface area contributed by atoms with E-state index in [4.69, 9.17) is 22.3 Å². The molecule has 2 aromatic carbocycles. The number of hydrogen-bond donors (Lipinski definition) is 1. The Morgan fingerprint density at radius 3 is 2.53 bits per heavy atom. The Labute approximate surface area is 116 Å². The number of anilines is 1. The van der Waals surface area contributed by atoms with E-state index in [-0.39, 0.29) is 0 Å². The van der Waals surface area contributed by atoms with Gasteiger partial charge in [-0.1, -0.05) is 41.9 Å². The summed E-state index contributed by atoms with van der Waals surface area (Å²) in [7, 11) is 0. The van der Waals surface area contributed by atoms with Gasteiger partial charge in [0.05, 0.1) is 11.2 Å². The fourth-order valence-electron chi connectivity index (χ4n) is 2.24. The van der Waals surface area contributed by atoms with Crippen LogP contribution in [0.1, 0.15) is 5.56 Å². The standard InChI is InChI=1S/C16H13ClN2/c1-10-7-12(17)8-13-14(18)9-15(19-16(10)13)11-5-3-2-4-6-11/h2-9H,1H3,(H2,18,19). The van der Waals surface area contributed by atoms with Gasteiger partial charge in [0.25, 0.3) is 0 Å². The summed E-state index contributed by atoms with van der Waals surface area (Å²) in [6.07, 6.45) is 0. The zero-order chi connectivity index (χ0) is 13.4. The first-order valence-electron chi connectivity index (χ1n) is 6.07. The van der Waals surface area contributed by atoms with Crippen molar-refractivity contribution in [1.29, 1.82) is 0 Å². The Balaban J connectivity index is 2.31. The number of nitrogens with zero attached hydrogens (tertiary/aromatic N) is 1. The lowest BCUT2D eigenvalue weighted by molar-refractivity contribution is 1.36. The lowest BCUT2D eigenvalue weighted by atomic mass is 10.1. The summed E-state index contributed by atoms with van der Waals surface area (Å²) >= 11 is 6.07. The van der Waals surface area contributed by atoms with Crippen LogP contribution in [-0.4, -0.2) is 4.98 Å². The molecule has 3 aromatic rings. The molecule has 0 amide bonds. The molecule has 0 spiro atoms. The lowest BCUT2D eigenvalue weighted by Crippen LogP contribution is -1.94. The van der Waals surface area contributed by atoms with Gasteiger partial charge >= 0.3 is 0 Å². The van der Waals surface area contributed by atoms with Crippen LogP contribution in [0.15, 0.2) is 48.5 Å². The molecular formula is C16H13ClN2. The average molecular weight is 269 g/mol. The molecule has 2 nitrogen and oxygen atoms in total. The second-order valence-corrected chi connectivity index (χ2v) is 5.02. The molecule has 19 heavy (non-hydrogen) atoms. The minimum atomic E-state index is 0.686. The van der Waals surface area contributed by atoms with Crippen LogP contribution in [0.5, 0.6) is 0 Å². The number of hydrogen-bond acceptors (Lipinski definition) is 2. The van der Waals surface area contributed by atoms with Gasteiger partial charge in [0.2, 0.25) is 0 Å². The van der Waals surface area contributed by atoms with E-state index in [0.29, 0.717) is 10.7 Å². The molecule has 0 aliphatic rings. The van der Waals surface area contributed by atoms with Gasteiger partial charge in [0, 0.05) is 21.7 Å². The smallest absolute Gasteiger partial charge is 0.0760 e. The molecule has 0 aliphatic carbocycles. The van der Waals surface area contributed by atoms with Crippen LogP contribution in [0.3, 0.4) is 0 Å². The fourth-order valence-corrected chi connectivity index (χ4v) is 2.51. The van der Waals surface area contributed by atoms with Gasteiger partial charge in [-0.2, -0.15) is 0 Å². The van der Waals surface area contributed by atoms with Crippen molar-refractivity contribution in [3.05, 3.63) is 59.1 Å². The van der Waals surface area contributed by atoms with E-state index < -0.39 is 0 Å². The second kappa shape index (κ2) is 4.56. The quantitative estimate of drug-likeness (QED) is 0.708. The molecule has 3 rings (SSSR count). The molecule has 1 aromatic heterocycles. The minimum Gasteiger partial charge on any atom is -0.398 e. The summed E-state index contributed by atoms with van der Waals surface area (Å²) < 4.78 is 0. The summed E-state index contributed by atoms with van der Waals surface area (Å²) in [6.45, 7) is 2.00. The molecule has 94 valence electrons. The van der Waals surface area contributed by atoms with Crippen LogP contribution in [0.25, 0.3) is 22.2 Å². The maximum atomic E-state index is 6.13. The molecule has 0 radical (unpaired) electrons. The van der Waals surface area contributed by atoms with E-state index in [0.717, 1.165) is 27.7 Å². The van der Waals surface area contributed by atoms with Crippen molar-refractivity contribution in [2.45, 2.75) is 6.92 Å². The number of halogens is 1. The third kappa shape index (κ3) is 2.15. The number of aromatic nitrogens is 1. The van der Waals surface area contributed by atoms with Gasteiger partial charge in [-0.05, 0) is 30.7 Å². The first-order chi connectivity index (χ1) is 9.15. The van der Waals surface area contributed by atoms with Gasteiger partial charge < -0.3 is 5.73 Å². The first kappa shape index (κ1) is 12.0. The molecule has 3 heteroatoms. The number of aryl methyl sites for hydroxylation is 1. The molecule has 0 fully saturated rings. The lowest BCUT2D eigenvalue weighted by Gasteiger charge is -2.09. The Kier molecular flexibility index (Phi) is 2.88. The van der Waals surface area contributed by atoms with Crippen molar-refractivity contribution in [3.8, 4) is 11.3 Å². The first-order valence-corrected chi connectivity index (χ1v) is 6.45. The summed E-state index contributed by atoms with van der Waals surface area (Å²) in [5, 5.41) is 1.59. The van der Waals surface area contributed by atoms with Crippen LogP contribution in [0.2, 0.25) is 5.02 Å². The van der Waals surface area contributed by atoms with E-state index in [1.54, 1.807) is 0 Å². The van der Waals surface area contributed by atoms with Gasteiger partial charge in [-0.3, -0.25) is 0 Å².